The van der Waals surface area contributed by atoms with Crippen molar-refractivity contribution < 1.29 is 4.79 Å². The van der Waals surface area contributed by atoms with Gasteiger partial charge >= 0.3 is 0 Å². The van der Waals surface area contributed by atoms with Crippen LogP contribution in [-0.4, -0.2) is 16.3 Å². The highest BCUT2D eigenvalue weighted by molar-refractivity contribution is 6.52. The minimum atomic E-state index is -0.776. The van der Waals surface area contributed by atoms with Crippen molar-refractivity contribution in [2.75, 3.05) is 0 Å². The van der Waals surface area contributed by atoms with Gasteiger partial charge in [-0.2, -0.15) is 0 Å². The first-order chi connectivity index (χ1) is 7.08. The van der Waals surface area contributed by atoms with Gasteiger partial charge in [-0.05, 0) is 43.9 Å². The Balaban J connectivity index is 1.56. The molecule has 0 aliphatic heterocycles. The quantitative estimate of drug-likeness (QED) is 0.761. The molecule has 3 fully saturated rings. The number of carbonyl (C=O) groups is 1. The molecule has 1 unspecified atom stereocenters. The highest BCUT2D eigenvalue weighted by atomic mass is 35.5. The van der Waals surface area contributed by atoms with Gasteiger partial charge in [-0.1, -0.05) is 0 Å². The standard InChI is InChI=1S/C11H15Cl2NO/c12-11(13)5-8(11)10(15)14-9(6-1-2-6)7-3-4-7/h6-9H,1-5H2,(H,14,15). The Morgan fingerprint density at radius 2 is 1.67 bits per heavy atom. The van der Waals surface area contributed by atoms with Crippen LogP contribution in [0.25, 0.3) is 0 Å². The van der Waals surface area contributed by atoms with Gasteiger partial charge < -0.3 is 5.32 Å². The number of alkyl halides is 2. The predicted molar refractivity (Wildman–Crippen MR) is 59.9 cm³/mol. The van der Waals surface area contributed by atoms with Gasteiger partial charge in [0.2, 0.25) is 5.91 Å². The number of hydrogen-bond acceptors (Lipinski definition) is 1. The average Bonchev–Trinajstić information content (AvgIpc) is 3.00. The second-order valence-corrected chi connectivity index (χ2v) is 6.77. The molecule has 1 N–H and O–H groups in total. The molecule has 15 heavy (non-hydrogen) atoms. The van der Waals surface area contributed by atoms with Crippen LogP contribution in [0.4, 0.5) is 0 Å². The van der Waals surface area contributed by atoms with E-state index < -0.39 is 4.33 Å². The second-order valence-electron chi connectivity index (χ2n) is 5.23. The van der Waals surface area contributed by atoms with E-state index in [9.17, 15) is 4.79 Å². The van der Waals surface area contributed by atoms with E-state index in [0.29, 0.717) is 12.5 Å². The number of nitrogens with one attached hydrogen (secondary N) is 1. The summed E-state index contributed by atoms with van der Waals surface area (Å²) in [4.78, 5) is 11.8. The summed E-state index contributed by atoms with van der Waals surface area (Å²) in [5, 5.41) is 3.15. The van der Waals surface area contributed by atoms with E-state index in [2.05, 4.69) is 5.32 Å². The van der Waals surface area contributed by atoms with Crippen molar-refractivity contribution in [1.29, 1.82) is 0 Å². The predicted octanol–water partition coefficient (Wildman–Crippen LogP) is 2.49. The number of rotatable bonds is 4. The van der Waals surface area contributed by atoms with Crippen molar-refractivity contribution in [3.8, 4) is 0 Å². The van der Waals surface area contributed by atoms with Gasteiger partial charge in [-0.25, -0.2) is 0 Å². The maximum Gasteiger partial charge on any atom is 0.226 e. The molecule has 84 valence electrons. The summed E-state index contributed by atoms with van der Waals surface area (Å²) < 4.78 is -0.776. The van der Waals surface area contributed by atoms with Crippen LogP contribution in [0.5, 0.6) is 0 Å². The number of hydrogen-bond donors (Lipinski definition) is 1. The molecule has 4 heteroatoms. The Bertz CT molecular complexity index is 285. The van der Waals surface area contributed by atoms with Crippen LogP contribution in [0, 0.1) is 17.8 Å². The van der Waals surface area contributed by atoms with Crippen LogP contribution in [0.2, 0.25) is 0 Å². The van der Waals surface area contributed by atoms with E-state index >= 15 is 0 Å². The molecular formula is C11H15Cl2NO. The van der Waals surface area contributed by atoms with Gasteiger partial charge in [0.15, 0.2) is 0 Å². The first kappa shape index (κ1) is 10.2. The molecule has 2 nitrogen and oxygen atoms in total. The maximum atomic E-state index is 11.8. The van der Waals surface area contributed by atoms with Gasteiger partial charge in [0, 0.05) is 6.04 Å². The highest BCUT2D eigenvalue weighted by Crippen LogP contribution is 2.53. The van der Waals surface area contributed by atoms with Crippen LogP contribution in [0.3, 0.4) is 0 Å². The first-order valence-corrected chi connectivity index (χ1v) is 6.52. The highest BCUT2D eigenvalue weighted by Gasteiger charge is 2.57. The Labute approximate surface area is 99.7 Å². The van der Waals surface area contributed by atoms with E-state index in [-0.39, 0.29) is 11.8 Å². The Kier molecular flexibility index (Phi) is 2.23. The van der Waals surface area contributed by atoms with Gasteiger partial charge in [-0.15, -0.1) is 23.2 Å². The van der Waals surface area contributed by atoms with Gasteiger partial charge in [-0.3, -0.25) is 4.79 Å². The fraction of sp³-hybridized carbons (Fsp3) is 0.909. The molecule has 0 heterocycles. The van der Waals surface area contributed by atoms with Crippen LogP contribution in [-0.2, 0) is 4.79 Å². The molecule has 3 saturated carbocycles. The Hall–Kier alpha value is 0.0500. The smallest absolute Gasteiger partial charge is 0.226 e. The van der Waals surface area contributed by atoms with Gasteiger partial charge in [0.25, 0.3) is 0 Å². The van der Waals surface area contributed by atoms with Crippen molar-refractivity contribution >= 4 is 29.1 Å². The van der Waals surface area contributed by atoms with Gasteiger partial charge in [0.05, 0.1) is 5.92 Å². The molecule has 0 radical (unpaired) electrons. The second kappa shape index (κ2) is 3.27. The lowest BCUT2D eigenvalue weighted by atomic mass is 10.1. The molecule has 3 aliphatic carbocycles. The van der Waals surface area contributed by atoms with Crippen molar-refractivity contribution in [3.05, 3.63) is 0 Å². The number of amides is 1. The van der Waals surface area contributed by atoms with Gasteiger partial charge in [0.1, 0.15) is 4.33 Å². The SMILES string of the molecule is O=C(NC(C1CC1)C1CC1)C1CC1(Cl)Cl. The molecule has 1 amide bonds. The van der Waals surface area contributed by atoms with E-state index in [1.165, 1.54) is 25.7 Å². The molecule has 0 aromatic heterocycles. The molecule has 0 aromatic carbocycles. The van der Waals surface area contributed by atoms with Crippen molar-refractivity contribution in [2.45, 2.75) is 42.5 Å². The summed E-state index contributed by atoms with van der Waals surface area (Å²) in [5.41, 5.74) is 0. The zero-order valence-electron chi connectivity index (χ0n) is 8.51. The van der Waals surface area contributed by atoms with E-state index in [1.807, 2.05) is 0 Å². The maximum absolute atomic E-state index is 11.8. The van der Waals surface area contributed by atoms with Crippen molar-refractivity contribution in [3.63, 3.8) is 0 Å². The third-order valence-corrected chi connectivity index (χ3v) is 4.55. The largest absolute Gasteiger partial charge is 0.352 e. The van der Waals surface area contributed by atoms with Crippen LogP contribution in [0.15, 0.2) is 0 Å². The molecule has 0 spiro atoms. The topological polar surface area (TPSA) is 29.1 Å². The average molecular weight is 248 g/mol. The third-order valence-electron chi connectivity index (χ3n) is 3.71. The molecule has 0 saturated heterocycles. The summed E-state index contributed by atoms with van der Waals surface area (Å²) in [6.45, 7) is 0. The lowest BCUT2D eigenvalue weighted by molar-refractivity contribution is -0.123. The zero-order valence-corrected chi connectivity index (χ0v) is 10.0. The first-order valence-electron chi connectivity index (χ1n) is 5.76. The Morgan fingerprint density at radius 3 is 2.00 bits per heavy atom. The molecule has 0 aromatic rings. The summed E-state index contributed by atoms with van der Waals surface area (Å²) in [6.07, 6.45) is 5.72. The molecule has 0 bridgehead atoms. The summed E-state index contributed by atoms with van der Waals surface area (Å²) in [6, 6.07) is 0.419. The lowest BCUT2D eigenvalue weighted by Gasteiger charge is -2.17. The minimum absolute atomic E-state index is 0.0730. The minimum Gasteiger partial charge on any atom is -0.352 e. The number of halogens is 2. The zero-order chi connectivity index (χ0) is 10.6. The number of carbonyl (C=O) groups excluding carboxylic acids is 1. The third kappa shape index (κ3) is 2.12. The Morgan fingerprint density at radius 1 is 1.20 bits per heavy atom. The van der Waals surface area contributed by atoms with Crippen molar-refractivity contribution in [2.24, 2.45) is 17.8 Å². The van der Waals surface area contributed by atoms with E-state index in [1.54, 1.807) is 0 Å². The van der Waals surface area contributed by atoms with E-state index in [4.69, 9.17) is 23.2 Å². The molecule has 1 atom stereocenters. The summed E-state index contributed by atoms with van der Waals surface area (Å²) in [5.74, 6) is 1.38. The van der Waals surface area contributed by atoms with Crippen LogP contribution >= 0.6 is 23.2 Å². The van der Waals surface area contributed by atoms with Crippen LogP contribution in [0.1, 0.15) is 32.1 Å². The summed E-state index contributed by atoms with van der Waals surface area (Å²) >= 11 is 11.8. The molecular weight excluding hydrogens is 233 g/mol. The summed E-state index contributed by atoms with van der Waals surface area (Å²) in [7, 11) is 0. The van der Waals surface area contributed by atoms with Crippen molar-refractivity contribution in [1.82, 2.24) is 5.32 Å². The van der Waals surface area contributed by atoms with Crippen LogP contribution < -0.4 is 5.32 Å². The molecule has 3 aliphatic rings. The molecule has 3 rings (SSSR count). The fourth-order valence-corrected chi connectivity index (χ4v) is 2.80. The van der Waals surface area contributed by atoms with E-state index in [0.717, 1.165) is 11.8 Å². The normalized spacial score (nSPS) is 32.9. The fourth-order valence-electron chi connectivity index (χ4n) is 2.29. The lowest BCUT2D eigenvalue weighted by Crippen LogP contribution is -2.39. The monoisotopic (exact) mass is 247 g/mol.